The summed E-state index contributed by atoms with van der Waals surface area (Å²) in [5, 5.41) is 0. The molecule has 0 aliphatic carbocycles. The van der Waals surface area contributed by atoms with Crippen LogP contribution in [0.5, 0.6) is 11.5 Å². The van der Waals surface area contributed by atoms with E-state index in [1.807, 2.05) is 36.4 Å². The zero-order valence-electron chi connectivity index (χ0n) is 17.6. The van der Waals surface area contributed by atoms with Crippen LogP contribution >= 0.6 is 0 Å². The number of fused-ring (bicyclic) bond motifs is 1. The first-order valence-corrected chi connectivity index (χ1v) is 10.1. The van der Waals surface area contributed by atoms with Gasteiger partial charge in [0.1, 0.15) is 0 Å². The average Bonchev–Trinajstić information content (AvgIpc) is 2.81. The maximum absolute atomic E-state index is 13.6. The Labute approximate surface area is 184 Å². The van der Waals surface area contributed by atoms with Crippen molar-refractivity contribution in [2.24, 2.45) is 0 Å². The molecule has 0 N–H and O–H groups in total. The van der Waals surface area contributed by atoms with Crippen molar-refractivity contribution in [1.82, 2.24) is 4.90 Å². The highest BCUT2D eigenvalue weighted by Crippen LogP contribution is 2.42. The fourth-order valence-electron chi connectivity index (χ4n) is 4.23. The minimum Gasteiger partial charge on any atom is -0.493 e. The van der Waals surface area contributed by atoms with Gasteiger partial charge in [0.2, 0.25) is 0 Å². The Bertz CT molecular complexity index is 1130. The number of alkyl halides is 3. The molecule has 3 aromatic carbocycles. The van der Waals surface area contributed by atoms with Crippen molar-refractivity contribution in [2.75, 3.05) is 20.8 Å². The summed E-state index contributed by atoms with van der Waals surface area (Å²) in [5.41, 5.74) is 1.28. The van der Waals surface area contributed by atoms with Crippen molar-refractivity contribution < 1.29 is 27.4 Å². The lowest BCUT2D eigenvalue weighted by Crippen LogP contribution is -2.41. The summed E-state index contributed by atoms with van der Waals surface area (Å²) in [7, 11) is 3.07. The molecule has 0 spiro atoms. The van der Waals surface area contributed by atoms with E-state index >= 15 is 0 Å². The largest absolute Gasteiger partial charge is 0.493 e. The van der Waals surface area contributed by atoms with E-state index < -0.39 is 23.7 Å². The molecule has 1 atom stereocenters. The summed E-state index contributed by atoms with van der Waals surface area (Å²) < 4.78 is 51.7. The molecule has 0 bridgehead atoms. The standard InChI is InChI=1S/C25H22F3NO3/c1-31-21-14-17-12-13-29(24(30)18-10-6-7-11-20(18)25(26,27)28)23(16-8-4-3-5-9-16)19(17)15-22(21)32-2/h3-11,14-15,23H,12-13H2,1-2H3. The Balaban J connectivity index is 1.86. The van der Waals surface area contributed by atoms with Gasteiger partial charge >= 0.3 is 6.18 Å². The van der Waals surface area contributed by atoms with Gasteiger partial charge in [0, 0.05) is 6.54 Å². The zero-order valence-corrected chi connectivity index (χ0v) is 17.6. The van der Waals surface area contributed by atoms with Crippen molar-refractivity contribution in [2.45, 2.75) is 18.6 Å². The molecule has 1 heterocycles. The van der Waals surface area contributed by atoms with Crippen LogP contribution in [0.2, 0.25) is 0 Å². The summed E-state index contributed by atoms with van der Waals surface area (Å²) in [6.45, 7) is 0.271. The second-order valence-electron chi connectivity index (χ2n) is 7.51. The Morgan fingerprint density at radius 1 is 0.938 bits per heavy atom. The van der Waals surface area contributed by atoms with Gasteiger partial charge in [0.25, 0.3) is 5.91 Å². The van der Waals surface area contributed by atoms with Crippen LogP contribution in [-0.2, 0) is 12.6 Å². The number of benzene rings is 3. The number of nitrogens with zero attached hydrogens (tertiary/aromatic N) is 1. The summed E-state index contributed by atoms with van der Waals surface area (Å²) in [6, 6.07) is 17.3. The number of carbonyl (C=O) groups excluding carboxylic acids is 1. The van der Waals surface area contributed by atoms with E-state index in [0.29, 0.717) is 17.9 Å². The fraction of sp³-hybridized carbons (Fsp3) is 0.240. The molecule has 4 nitrogen and oxygen atoms in total. The molecule has 166 valence electrons. The summed E-state index contributed by atoms with van der Waals surface area (Å²) in [4.78, 5) is 15.0. The lowest BCUT2D eigenvalue weighted by atomic mass is 9.87. The van der Waals surface area contributed by atoms with Crippen molar-refractivity contribution >= 4 is 5.91 Å². The second kappa shape index (κ2) is 8.57. The van der Waals surface area contributed by atoms with Crippen LogP contribution in [0.25, 0.3) is 0 Å². The summed E-state index contributed by atoms with van der Waals surface area (Å²) in [6.07, 6.45) is -4.14. The van der Waals surface area contributed by atoms with Gasteiger partial charge in [-0.15, -0.1) is 0 Å². The maximum atomic E-state index is 13.6. The molecular weight excluding hydrogens is 419 g/mol. The SMILES string of the molecule is COc1cc2c(cc1OC)C(c1ccccc1)N(C(=O)c1ccccc1C(F)(F)F)CC2. The highest BCUT2D eigenvalue weighted by Gasteiger charge is 2.39. The minimum atomic E-state index is -4.63. The second-order valence-corrected chi connectivity index (χ2v) is 7.51. The van der Waals surface area contributed by atoms with Gasteiger partial charge < -0.3 is 14.4 Å². The quantitative estimate of drug-likeness (QED) is 0.536. The number of rotatable bonds is 4. The number of hydrogen-bond donors (Lipinski definition) is 0. The van der Waals surface area contributed by atoms with Crippen LogP contribution in [0.4, 0.5) is 13.2 Å². The first-order valence-electron chi connectivity index (χ1n) is 10.1. The Morgan fingerprint density at radius 2 is 1.56 bits per heavy atom. The third-order valence-electron chi connectivity index (χ3n) is 5.71. The van der Waals surface area contributed by atoms with Crippen molar-refractivity contribution in [3.05, 3.63) is 94.5 Å². The molecule has 1 amide bonds. The molecule has 3 aromatic rings. The molecule has 7 heteroatoms. The van der Waals surface area contributed by atoms with E-state index in [2.05, 4.69) is 0 Å². The number of ether oxygens (including phenoxy) is 2. The molecule has 0 saturated heterocycles. The highest BCUT2D eigenvalue weighted by molar-refractivity contribution is 5.96. The number of halogens is 3. The molecule has 0 radical (unpaired) electrons. The van der Waals surface area contributed by atoms with E-state index in [0.717, 1.165) is 22.8 Å². The average molecular weight is 441 g/mol. The van der Waals surface area contributed by atoms with Crippen LogP contribution in [0.15, 0.2) is 66.7 Å². The minimum absolute atomic E-state index is 0.271. The molecule has 1 unspecified atom stereocenters. The zero-order chi connectivity index (χ0) is 22.9. The Kier molecular flexibility index (Phi) is 5.82. The van der Waals surface area contributed by atoms with Gasteiger partial charge in [0.05, 0.1) is 31.4 Å². The highest BCUT2D eigenvalue weighted by atomic mass is 19.4. The molecule has 0 saturated carbocycles. The maximum Gasteiger partial charge on any atom is 0.417 e. The van der Waals surface area contributed by atoms with Gasteiger partial charge in [-0.05, 0) is 47.4 Å². The molecule has 1 aliphatic heterocycles. The Hall–Kier alpha value is -3.48. The normalized spacial score (nSPS) is 15.8. The van der Waals surface area contributed by atoms with Crippen LogP contribution in [0.3, 0.4) is 0 Å². The van der Waals surface area contributed by atoms with Crippen molar-refractivity contribution in [3.63, 3.8) is 0 Å². The topological polar surface area (TPSA) is 38.8 Å². The van der Waals surface area contributed by atoms with Gasteiger partial charge in [0.15, 0.2) is 11.5 Å². The Morgan fingerprint density at radius 3 is 2.22 bits per heavy atom. The summed E-state index contributed by atoms with van der Waals surface area (Å²) in [5.74, 6) is 0.407. The van der Waals surface area contributed by atoms with Crippen molar-refractivity contribution in [1.29, 1.82) is 0 Å². The van der Waals surface area contributed by atoms with Crippen LogP contribution in [0.1, 0.15) is 38.7 Å². The first kappa shape index (κ1) is 21.7. The molecule has 0 fully saturated rings. The van der Waals surface area contributed by atoms with E-state index in [1.165, 1.54) is 30.2 Å². The van der Waals surface area contributed by atoms with Crippen LogP contribution in [-0.4, -0.2) is 31.6 Å². The molecular formula is C25H22F3NO3. The molecule has 4 rings (SSSR count). The van der Waals surface area contributed by atoms with Crippen LogP contribution < -0.4 is 9.47 Å². The smallest absolute Gasteiger partial charge is 0.417 e. The predicted octanol–water partition coefficient (Wildman–Crippen LogP) is 5.51. The van der Waals surface area contributed by atoms with Crippen molar-refractivity contribution in [3.8, 4) is 11.5 Å². The first-order chi connectivity index (χ1) is 15.3. The summed E-state index contributed by atoms with van der Waals surface area (Å²) >= 11 is 0. The van der Waals surface area contributed by atoms with E-state index in [1.54, 1.807) is 13.2 Å². The third-order valence-corrected chi connectivity index (χ3v) is 5.71. The van der Waals surface area contributed by atoms with Gasteiger partial charge in [-0.25, -0.2) is 0 Å². The van der Waals surface area contributed by atoms with Crippen LogP contribution in [0, 0.1) is 0 Å². The number of carbonyl (C=O) groups is 1. The molecule has 1 aliphatic rings. The molecule has 0 aromatic heterocycles. The van der Waals surface area contributed by atoms with E-state index in [9.17, 15) is 18.0 Å². The van der Waals surface area contributed by atoms with Gasteiger partial charge in [-0.1, -0.05) is 42.5 Å². The van der Waals surface area contributed by atoms with E-state index in [-0.39, 0.29) is 12.1 Å². The fourth-order valence-corrected chi connectivity index (χ4v) is 4.23. The number of hydrogen-bond acceptors (Lipinski definition) is 3. The van der Waals surface area contributed by atoms with Gasteiger partial charge in [-0.3, -0.25) is 4.79 Å². The predicted molar refractivity (Wildman–Crippen MR) is 114 cm³/mol. The lowest BCUT2D eigenvalue weighted by molar-refractivity contribution is -0.138. The number of methoxy groups -OCH3 is 2. The molecule has 32 heavy (non-hydrogen) atoms. The lowest BCUT2D eigenvalue weighted by Gasteiger charge is -2.38. The third kappa shape index (κ3) is 3.90. The number of amides is 1. The monoisotopic (exact) mass is 441 g/mol. The van der Waals surface area contributed by atoms with Gasteiger partial charge in [-0.2, -0.15) is 13.2 Å². The van der Waals surface area contributed by atoms with E-state index in [4.69, 9.17) is 9.47 Å².